The number of hydrogen-bond acceptors (Lipinski definition) is 5. The number of sulfonamides is 1. The number of H-pyrrole nitrogens is 1. The first kappa shape index (κ1) is 22.6. The van der Waals surface area contributed by atoms with Crippen LogP contribution in [0.15, 0.2) is 84.0 Å². The third kappa shape index (κ3) is 4.57. The number of fused-ring (bicyclic) bond motifs is 1. The highest BCUT2D eigenvalue weighted by Gasteiger charge is 2.27. The molecular formula is C26H29N5O2S. The molecule has 1 fully saturated rings. The minimum atomic E-state index is -3.52. The number of rotatable bonds is 7. The van der Waals surface area contributed by atoms with E-state index < -0.39 is 10.0 Å². The van der Waals surface area contributed by atoms with Crippen LogP contribution >= 0.6 is 0 Å². The summed E-state index contributed by atoms with van der Waals surface area (Å²) in [6.45, 7) is 3.11. The Kier molecular flexibility index (Phi) is 6.36. The average molecular weight is 476 g/mol. The molecule has 2 N–H and O–H groups in total. The molecule has 7 nitrogen and oxygen atoms in total. The molecule has 0 unspecified atom stereocenters. The van der Waals surface area contributed by atoms with Crippen molar-refractivity contribution in [2.24, 2.45) is 0 Å². The third-order valence-electron chi connectivity index (χ3n) is 6.52. The number of aromatic nitrogens is 2. The van der Waals surface area contributed by atoms with Crippen molar-refractivity contribution < 1.29 is 8.42 Å². The van der Waals surface area contributed by atoms with Crippen molar-refractivity contribution >= 4 is 26.7 Å². The lowest BCUT2D eigenvalue weighted by atomic mass is 9.91. The van der Waals surface area contributed by atoms with Crippen LogP contribution in [-0.2, 0) is 10.0 Å². The van der Waals surface area contributed by atoms with E-state index in [1.54, 1.807) is 16.4 Å². The van der Waals surface area contributed by atoms with Crippen LogP contribution in [0.25, 0.3) is 10.9 Å². The van der Waals surface area contributed by atoms with Gasteiger partial charge in [-0.1, -0.05) is 48.5 Å². The van der Waals surface area contributed by atoms with Gasteiger partial charge in [-0.15, -0.1) is 0 Å². The fraction of sp³-hybridized carbons (Fsp3) is 0.269. The molecule has 3 heterocycles. The zero-order valence-electron chi connectivity index (χ0n) is 19.2. The van der Waals surface area contributed by atoms with E-state index in [-0.39, 0.29) is 10.8 Å². The molecule has 176 valence electrons. The number of likely N-dealkylation sites (N-methyl/N-ethyl adjacent to an activating group) is 1. The Morgan fingerprint density at radius 3 is 2.44 bits per heavy atom. The van der Waals surface area contributed by atoms with E-state index in [1.807, 2.05) is 31.3 Å². The van der Waals surface area contributed by atoms with Gasteiger partial charge in [0.05, 0.1) is 0 Å². The zero-order chi connectivity index (χ0) is 23.5. The highest BCUT2D eigenvalue weighted by molar-refractivity contribution is 7.89. The first-order valence-electron chi connectivity index (χ1n) is 11.5. The summed E-state index contributed by atoms with van der Waals surface area (Å²) in [6.07, 6.45) is 3.53. The summed E-state index contributed by atoms with van der Waals surface area (Å²) in [7, 11) is -1.52. The molecule has 1 aliphatic rings. The van der Waals surface area contributed by atoms with Crippen LogP contribution in [-0.4, -0.2) is 67.4 Å². The van der Waals surface area contributed by atoms with Gasteiger partial charge >= 0.3 is 0 Å². The van der Waals surface area contributed by atoms with E-state index in [0.29, 0.717) is 25.5 Å². The molecule has 2 aromatic heterocycles. The zero-order valence-corrected chi connectivity index (χ0v) is 20.0. The summed E-state index contributed by atoms with van der Waals surface area (Å²) in [5.41, 5.74) is 3.52. The van der Waals surface area contributed by atoms with Crippen molar-refractivity contribution in [3.8, 4) is 0 Å². The number of aromatic amines is 1. The van der Waals surface area contributed by atoms with Crippen molar-refractivity contribution in [1.29, 1.82) is 0 Å². The highest BCUT2D eigenvalue weighted by atomic mass is 32.2. The predicted molar refractivity (Wildman–Crippen MR) is 136 cm³/mol. The van der Waals surface area contributed by atoms with Crippen molar-refractivity contribution in [3.05, 3.63) is 90.3 Å². The molecule has 1 aliphatic heterocycles. The van der Waals surface area contributed by atoms with Gasteiger partial charge in [-0.05, 0) is 36.4 Å². The summed E-state index contributed by atoms with van der Waals surface area (Å²) in [5, 5.41) is 4.61. The Hall–Kier alpha value is -3.20. The number of benzene rings is 2. The lowest BCUT2D eigenvalue weighted by Gasteiger charge is -2.31. The number of nitrogens with zero attached hydrogens (tertiary/aromatic N) is 3. The number of para-hydroxylation sites is 1. The van der Waals surface area contributed by atoms with E-state index in [0.717, 1.165) is 18.6 Å². The Morgan fingerprint density at radius 2 is 1.71 bits per heavy atom. The van der Waals surface area contributed by atoms with Gasteiger partial charge < -0.3 is 15.2 Å². The van der Waals surface area contributed by atoms with Crippen LogP contribution in [0.2, 0.25) is 0 Å². The summed E-state index contributed by atoms with van der Waals surface area (Å²) in [4.78, 5) is 10.2. The van der Waals surface area contributed by atoms with Crippen LogP contribution in [0.4, 0.5) is 5.82 Å². The molecule has 0 aliphatic carbocycles. The second-order valence-corrected chi connectivity index (χ2v) is 10.7. The molecule has 0 spiro atoms. The van der Waals surface area contributed by atoms with E-state index >= 15 is 0 Å². The van der Waals surface area contributed by atoms with E-state index in [2.05, 4.69) is 56.7 Å². The van der Waals surface area contributed by atoms with Crippen LogP contribution in [0.3, 0.4) is 0 Å². The van der Waals surface area contributed by atoms with Crippen LogP contribution in [0, 0.1) is 0 Å². The lowest BCUT2D eigenvalue weighted by Crippen LogP contribution is -2.47. The van der Waals surface area contributed by atoms with Crippen molar-refractivity contribution in [1.82, 2.24) is 19.2 Å². The van der Waals surface area contributed by atoms with Gasteiger partial charge in [-0.25, -0.2) is 13.4 Å². The van der Waals surface area contributed by atoms with Gasteiger partial charge in [0.1, 0.15) is 10.7 Å². The van der Waals surface area contributed by atoms with Crippen LogP contribution in [0.5, 0.6) is 0 Å². The number of piperazine rings is 1. The molecule has 0 saturated carbocycles. The van der Waals surface area contributed by atoms with E-state index in [1.165, 1.54) is 22.7 Å². The molecule has 1 atom stereocenters. The molecule has 5 rings (SSSR count). The molecule has 0 bridgehead atoms. The Labute approximate surface area is 200 Å². The quantitative estimate of drug-likeness (QED) is 0.426. The minimum absolute atomic E-state index is 0.105. The van der Waals surface area contributed by atoms with Crippen molar-refractivity contribution in [2.45, 2.75) is 10.8 Å². The molecule has 0 amide bonds. The molecule has 4 aromatic rings. The number of nitrogens with one attached hydrogen (secondary N) is 2. The first-order valence-corrected chi connectivity index (χ1v) is 13.0. The topological polar surface area (TPSA) is 81.3 Å². The maximum atomic E-state index is 13.0. The molecule has 8 heteroatoms. The molecular weight excluding hydrogens is 446 g/mol. The third-order valence-corrected chi connectivity index (χ3v) is 8.40. The SMILES string of the molecule is CN1CCN(S(=O)(=O)c2ccc(NC[C@H](c3ccccc3)c3c[nH]c4ccccc34)nc2)CC1. The largest absolute Gasteiger partial charge is 0.369 e. The normalized spacial score (nSPS) is 16.5. The summed E-state index contributed by atoms with van der Waals surface area (Å²) in [5.74, 6) is 0.756. The first-order chi connectivity index (χ1) is 16.5. The highest BCUT2D eigenvalue weighted by Crippen LogP contribution is 2.31. The second kappa shape index (κ2) is 9.58. The smallest absolute Gasteiger partial charge is 0.244 e. The standard InChI is InChI=1S/C26H29N5O2S/c1-30-13-15-31(16-14-30)34(32,33)21-11-12-26(28-17-21)29-18-23(20-7-3-2-4-8-20)24-19-27-25-10-6-5-9-22(24)25/h2-12,17,19,23,27H,13-16,18H2,1H3,(H,28,29)/t23-/m1/s1. The van der Waals surface area contributed by atoms with Gasteiger partial charge in [0.25, 0.3) is 0 Å². The summed E-state index contributed by atoms with van der Waals surface area (Å²) in [6, 6.07) is 22.1. The predicted octanol–water partition coefficient (Wildman–Crippen LogP) is 3.74. The van der Waals surface area contributed by atoms with Gasteiger partial charge in [0.2, 0.25) is 10.0 Å². The minimum Gasteiger partial charge on any atom is -0.369 e. The molecule has 1 saturated heterocycles. The van der Waals surface area contributed by atoms with Crippen LogP contribution < -0.4 is 5.32 Å². The fourth-order valence-corrected chi connectivity index (χ4v) is 5.86. The average Bonchev–Trinajstić information content (AvgIpc) is 3.29. The number of anilines is 1. The van der Waals surface area contributed by atoms with Gasteiger partial charge in [0.15, 0.2) is 0 Å². The van der Waals surface area contributed by atoms with Gasteiger partial charge in [-0.2, -0.15) is 4.31 Å². The maximum absolute atomic E-state index is 13.0. The molecule has 2 aromatic carbocycles. The van der Waals surface area contributed by atoms with Crippen LogP contribution in [0.1, 0.15) is 17.0 Å². The van der Waals surface area contributed by atoms with Gasteiger partial charge in [0, 0.05) is 61.9 Å². The molecule has 34 heavy (non-hydrogen) atoms. The second-order valence-electron chi connectivity index (χ2n) is 8.72. The monoisotopic (exact) mass is 475 g/mol. The lowest BCUT2D eigenvalue weighted by molar-refractivity contribution is 0.222. The molecule has 0 radical (unpaired) electrons. The van der Waals surface area contributed by atoms with Gasteiger partial charge in [-0.3, -0.25) is 0 Å². The Bertz CT molecular complexity index is 1340. The van der Waals surface area contributed by atoms with Crippen molar-refractivity contribution in [2.75, 3.05) is 45.1 Å². The maximum Gasteiger partial charge on any atom is 0.244 e. The number of hydrogen-bond donors (Lipinski definition) is 2. The summed E-state index contributed by atoms with van der Waals surface area (Å²) < 4.78 is 27.5. The fourth-order valence-electron chi connectivity index (χ4n) is 4.50. The van der Waals surface area contributed by atoms with E-state index in [9.17, 15) is 8.42 Å². The number of pyridine rings is 1. The summed E-state index contributed by atoms with van der Waals surface area (Å²) >= 11 is 0. The van der Waals surface area contributed by atoms with Crippen molar-refractivity contribution in [3.63, 3.8) is 0 Å². The Morgan fingerprint density at radius 1 is 0.971 bits per heavy atom. The Balaban J connectivity index is 1.35. The van der Waals surface area contributed by atoms with E-state index in [4.69, 9.17) is 0 Å².